The molecule has 0 saturated carbocycles. The Labute approximate surface area is 111 Å². The first-order chi connectivity index (χ1) is 8.56. The number of carbonyl (C=O) groups excluding carboxylic acids is 1. The van der Waals surface area contributed by atoms with Crippen molar-refractivity contribution in [3.05, 3.63) is 21.3 Å². The number of carboxylic acid groups (broad SMARTS) is 1. The summed E-state index contributed by atoms with van der Waals surface area (Å²) < 4.78 is 10.3. The van der Waals surface area contributed by atoms with E-state index < -0.39 is 18.5 Å². The predicted octanol–water partition coefficient (Wildman–Crippen LogP) is 1.94. The zero-order chi connectivity index (χ0) is 13.1. The summed E-state index contributed by atoms with van der Waals surface area (Å²) in [5, 5.41) is 11.1. The molecule has 0 radical (unpaired) electrons. The van der Waals surface area contributed by atoms with Crippen molar-refractivity contribution < 1.29 is 24.2 Å². The van der Waals surface area contributed by atoms with Gasteiger partial charge in [-0.15, -0.1) is 11.3 Å². The van der Waals surface area contributed by atoms with Gasteiger partial charge in [0.05, 0.1) is 15.8 Å². The minimum Gasteiger partial charge on any atom is -0.450 e. The Morgan fingerprint density at radius 2 is 2.33 bits per heavy atom. The van der Waals surface area contributed by atoms with Crippen LogP contribution in [0.3, 0.4) is 0 Å². The van der Waals surface area contributed by atoms with E-state index in [9.17, 15) is 9.59 Å². The first-order valence-electron chi connectivity index (χ1n) is 5.13. The highest BCUT2D eigenvalue weighted by Gasteiger charge is 2.33. The molecule has 2 atom stereocenters. The van der Waals surface area contributed by atoms with E-state index in [1.165, 1.54) is 0 Å². The van der Waals surface area contributed by atoms with Gasteiger partial charge in [-0.05, 0) is 12.1 Å². The third-order valence-electron chi connectivity index (χ3n) is 2.36. The Balaban J connectivity index is 1.96. The highest BCUT2D eigenvalue weighted by molar-refractivity contribution is 7.17. The first kappa shape index (κ1) is 13.1. The van der Waals surface area contributed by atoms with Crippen LogP contribution in [0.5, 0.6) is 0 Å². The average molecular weight is 292 g/mol. The van der Waals surface area contributed by atoms with Crippen molar-refractivity contribution in [2.75, 3.05) is 6.61 Å². The van der Waals surface area contributed by atoms with Gasteiger partial charge in [0.1, 0.15) is 0 Å². The Morgan fingerprint density at radius 3 is 2.94 bits per heavy atom. The van der Waals surface area contributed by atoms with Crippen LogP contribution in [0.4, 0.5) is 4.79 Å². The molecular formula is C10H10ClNO5S. The van der Waals surface area contributed by atoms with Gasteiger partial charge in [-0.2, -0.15) is 0 Å². The van der Waals surface area contributed by atoms with Crippen molar-refractivity contribution >= 4 is 35.0 Å². The van der Waals surface area contributed by atoms with Crippen LogP contribution in [0.15, 0.2) is 12.1 Å². The van der Waals surface area contributed by atoms with Gasteiger partial charge in [0, 0.05) is 6.42 Å². The predicted molar refractivity (Wildman–Crippen MR) is 64.1 cm³/mol. The quantitative estimate of drug-likeness (QED) is 0.831. The van der Waals surface area contributed by atoms with E-state index in [-0.39, 0.29) is 5.91 Å². The molecular weight excluding hydrogens is 282 g/mol. The fourth-order valence-electron chi connectivity index (χ4n) is 1.59. The minimum absolute atomic E-state index is 0.341. The lowest BCUT2D eigenvalue weighted by Gasteiger charge is -2.18. The van der Waals surface area contributed by atoms with Gasteiger partial charge >= 0.3 is 6.16 Å². The maximum atomic E-state index is 11.8. The van der Waals surface area contributed by atoms with E-state index in [4.69, 9.17) is 21.4 Å². The van der Waals surface area contributed by atoms with Crippen molar-refractivity contribution in [3.8, 4) is 0 Å². The van der Waals surface area contributed by atoms with Crippen LogP contribution in [-0.4, -0.2) is 36.1 Å². The lowest BCUT2D eigenvalue weighted by molar-refractivity contribution is -0.00855. The van der Waals surface area contributed by atoms with E-state index in [0.29, 0.717) is 22.2 Å². The van der Waals surface area contributed by atoms with Crippen LogP contribution >= 0.6 is 22.9 Å². The SMILES string of the molecule is O=C(O)O[C@@H]1CCOC1NC(=O)c1ccc(Cl)s1. The van der Waals surface area contributed by atoms with Crippen molar-refractivity contribution in [2.45, 2.75) is 18.8 Å². The first-order valence-corrected chi connectivity index (χ1v) is 6.33. The third-order valence-corrected chi connectivity index (χ3v) is 3.59. The van der Waals surface area contributed by atoms with Gasteiger partial charge in [-0.25, -0.2) is 4.79 Å². The van der Waals surface area contributed by atoms with Crippen molar-refractivity contribution in [2.24, 2.45) is 0 Å². The summed E-state index contributed by atoms with van der Waals surface area (Å²) in [7, 11) is 0. The molecule has 1 aliphatic rings. The lowest BCUT2D eigenvalue weighted by Crippen LogP contribution is -2.42. The van der Waals surface area contributed by atoms with E-state index in [1.807, 2.05) is 0 Å². The monoisotopic (exact) mass is 291 g/mol. The van der Waals surface area contributed by atoms with Crippen LogP contribution in [0.2, 0.25) is 4.34 Å². The normalized spacial score (nSPS) is 22.7. The molecule has 0 aliphatic carbocycles. The Kier molecular flexibility index (Phi) is 4.05. The summed E-state index contributed by atoms with van der Waals surface area (Å²) in [6.07, 6.45) is -2.40. The molecule has 2 rings (SSSR count). The fourth-order valence-corrected chi connectivity index (χ4v) is 2.54. The zero-order valence-corrected chi connectivity index (χ0v) is 10.7. The number of nitrogens with one attached hydrogen (secondary N) is 1. The van der Waals surface area contributed by atoms with Gasteiger partial charge in [0.15, 0.2) is 12.3 Å². The molecule has 2 heterocycles. The number of ether oxygens (including phenoxy) is 2. The summed E-state index contributed by atoms with van der Waals surface area (Å²) in [6, 6.07) is 3.20. The zero-order valence-electron chi connectivity index (χ0n) is 9.09. The van der Waals surface area contributed by atoms with Crippen molar-refractivity contribution in [1.82, 2.24) is 5.32 Å². The Morgan fingerprint density at radius 1 is 1.56 bits per heavy atom. The lowest BCUT2D eigenvalue weighted by atomic mass is 10.2. The Bertz CT molecular complexity index is 463. The number of thiophene rings is 1. The summed E-state index contributed by atoms with van der Waals surface area (Å²) in [5.41, 5.74) is 0. The molecule has 1 saturated heterocycles. The maximum absolute atomic E-state index is 11.8. The van der Waals surface area contributed by atoms with E-state index >= 15 is 0 Å². The molecule has 6 nitrogen and oxygen atoms in total. The van der Waals surface area contributed by atoms with E-state index in [0.717, 1.165) is 11.3 Å². The molecule has 2 N–H and O–H groups in total. The van der Waals surface area contributed by atoms with E-state index in [1.54, 1.807) is 12.1 Å². The summed E-state index contributed by atoms with van der Waals surface area (Å²) >= 11 is 6.86. The van der Waals surface area contributed by atoms with Gasteiger partial charge in [-0.3, -0.25) is 4.79 Å². The van der Waals surface area contributed by atoms with Crippen LogP contribution in [0.1, 0.15) is 16.1 Å². The average Bonchev–Trinajstić information content (AvgIpc) is 2.88. The summed E-state index contributed by atoms with van der Waals surface area (Å²) in [4.78, 5) is 22.7. The van der Waals surface area contributed by atoms with Crippen LogP contribution in [-0.2, 0) is 9.47 Å². The van der Waals surface area contributed by atoms with Gasteiger partial charge in [0.2, 0.25) is 0 Å². The fraction of sp³-hybridized carbons (Fsp3) is 0.400. The Hall–Kier alpha value is -1.31. The molecule has 8 heteroatoms. The number of hydrogen-bond acceptors (Lipinski definition) is 5. The van der Waals surface area contributed by atoms with Gasteiger partial charge in [-0.1, -0.05) is 11.6 Å². The molecule has 0 spiro atoms. The highest BCUT2D eigenvalue weighted by Crippen LogP contribution is 2.22. The summed E-state index contributed by atoms with van der Waals surface area (Å²) in [6.45, 7) is 0.341. The molecule has 0 bridgehead atoms. The van der Waals surface area contributed by atoms with Gasteiger partial charge < -0.3 is 19.9 Å². The minimum atomic E-state index is -1.39. The second kappa shape index (κ2) is 5.55. The van der Waals surface area contributed by atoms with E-state index in [2.05, 4.69) is 10.1 Å². The topological polar surface area (TPSA) is 84.9 Å². The van der Waals surface area contributed by atoms with Crippen molar-refractivity contribution in [1.29, 1.82) is 0 Å². The molecule has 1 aromatic rings. The number of rotatable bonds is 3. The number of hydrogen-bond donors (Lipinski definition) is 2. The standard InChI is InChI=1S/C10H10ClNO5S/c11-7-2-1-6(18-7)8(13)12-9-5(3-4-16-9)17-10(14)15/h1-2,5,9H,3-4H2,(H,12,13)(H,14,15)/t5-,9?/m1/s1. The van der Waals surface area contributed by atoms with Crippen molar-refractivity contribution in [3.63, 3.8) is 0 Å². The highest BCUT2D eigenvalue weighted by atomic mass is 35.5. The number of carbonyl (C=O) groups is 2. The molecule has 1 unspecified atom stereocenters. The van der Waals surface area contributed by atoms with Gasteiger partial charge in [0.25, 0.3) is 5.91 Å². The molecule has 0 aromatic carbocycles. The molecule has 1 amide bonds. The van der Waals surface area contributed by atoms with Crippen LogP contribution in [0, 0.1) is 0 Å². The molecule has 1 aliphatic heterocycles. The maximum Gasteiger partial charge on any atom is 0.506 e. The second-order valence-corrected chi connectivity index (χ2v) is 5.29. The number of amides is 1. The number of halogens is 1. The smallest absolute Gasteiger partial charge is 0.450 e. The van der Waals surface area contributed by atoms with Crippen LogP contribution in [0.25, 0.3) is 0 Å². The largest absolute Gasteiger partial charge is 0.506 e. The molecule has 1 fully saturated rings. The van der Waals surface area contributed by atoms with Crippen LogP contribution < -0.4 is 5.32 Å². The molecule has 98 valence electrons. The third kappa shape index (κ3) is 3.12. The second-order valence-electron chi connectivity index (χ2n) is 3.58. The molecule has 18 heavy (non-hydrogen) atoms. The molecule has 1 aromatic heterocycles. The summed E-state index contributed by atoms with van der Waals surface area (Å²) in [5.74, 6) is -0.363.